The average molecular weight is 320 g/mol. The Morgan fingerprint density at radius 1 is 1.04 bits per heavy atom. The van der Waals surface area contributed by atoms with E-state index in [1.807, 2.05) is 24.3 Å². The van der Waals surface area contributed by atoms with Gasteiger partial charge in [0.15, 0.2) is 5.78 Å². The number of aromatic nitrogens is 1. The summed E-state index contributed by atoms with van der Waals surface area (Å²) in [5, 5.41) is 13.0. The number of rotatable bonds is 3. The molecule has 4 rings (SSSR count). The third kappa shape index (κ3) is 1.91. The molecule has 0 saturated carbocycles. The number of aliphatic hydroxyl groups is 1. The monoisotopic (exact) mass is 320 g/mol. The van der Waals surface area contributed by atoms with Gasteiger partial charge in [-0.05, 0) is 23.3 Å². The second-order valence-corrected chi connectivity index (χ2v) is 5.86. The standard InChI is InChI=1S/C19H16N2O3/c1-21-15-7-6-14(20-8-9-22)18-17(15)13(10-16(21)23)11-4-2-3-5-12(11)19(18)24/h2-7,10,20,22H,8-9H2,1H3. The van der Waals surface area contributed by atoms with Gasteiger partial charge in [-0.3, -0.25) is 9.59 Å². The summed E-state index contributed by atoms with van der Waals surface area (Å²) >= 11 is 0. The lowest BCUT2D eigenvalue weighted by atomic mass is 9.83. The fraction of sp³-hybridized carbons (Fsp3) is 0.158. The summed E-state index contributed by atoms with van der Waals surface area (Å²) in [6.07, 6.45) is 0. The quantitative estimate of drug-likeness (QED) is 0.607. The van der Waals surface area contributed by atoms with Gasteiger partial charge in [-0.2, -0.15) is 0 Å². The highest BCUT2D eigenvalue weighted by atomic mass is 16.3. The van der Waals surface area contributed by atoms with Crippen molar-refractivity contribution in [2.45, 2.75) is 0 Å². The Kier molecular flexibility index (Phi) is 3.25. The first-order valence-electron chi connectivity index (χ1n) is 7.79. The van der Waals surface area contributed by atoms with Gasteiger partial charge >= 0.3 is 0 Å². The Labute approximate surface area is 138 Å². The molecule has 120 valence electrons. The van der Waals surface area contributed by atoms with Crippen LogP contribution in [0.25, 0.3) is 22.0 Å². The van der Waals surface area contributed by atoms with Crippen molar-refractivity contribution in [2.24, 2.45) is 7.05 Å². The van der Waals surface area contributed by atoms with Crippen LogP contribution < -0.4 is 10.9 Å². The first-order chi connectivity index (χ1) is 11.6. The maximum Gasteiger partial charge on any atom is 0.251 e. The van der Waals surface area contributed by atoms with E-state index in [0.29, 0.717) is 23.4 Å². The maximum absolute atomic E-state index is 13.1. The van der Waals surface area contributed by atoms with E-state index in [2.05, 4.69) is 5.32 Å². The highest BCUT2D eigenvalue weighted by Gasteiger charge is 2.28. The summed E-state index contributed by atoms with van der Waals surface area (Å²) in [6, 6.07) is 12.6. The van der Waals surface area contributed by atoms with Crippen molar-refractivity contribution < 1.29 is 9.90 Å². The number of fused-ring (bicyclic) bond motifs is 2. The molecule has 2 N–H and O–H groups in total. The van der Waals surface area contributed by atoms with Crippen molar-refractivity contribution in [1.29, 1.82) is 0 Å². The molecule has 2 aromatic carbocycles. The molecule has 5 heteroatoms. The second kappa shape index (κ2) is 5.32. The van der Waals surface area contributed by atoms with Gasteiger partial charge in [-0.1, -0.05) is 24.3 Å². The molecule has 0 aliphatic heterocycles. The molecule has 1 aliphatic carbocycles. The smallest absolute Gasteiger partial charge is 0.251 e. The number of aryl methyl sites for hydroxylation is 1. The van der Waals surface area contributed by atoms with Crippen LogP contribution in [0.5, 0.6) is 0 Å². The Hall–Kier alpha value is -2.92. The minimum atomic E-state index is -0.108. The highest BCUT2D eigenvalue weighted by Crippen LogP contribution is 2.41. The number of hydrogen-bond donors (Lipinski definition) is 2. The molecule has 0 fully saturated rings. The average Bonchev–Trinajstić information content (AvgIpc) is 2.61. The number of nitrogens with one attached hydrogen (secondary N) is 1. The van der Waals surface area contributed by atoms with E-state index in [1.165, 1.54) is 0 Å². The Balaban J connectivity index is 2.17. The third-order valence-corrected chi connectivity index (χ3v) is 4.53. The first kappa shape index (κ1) is 14.7. The van der Waals surface area contributed by atoms with Crippen molar-refractivity contribution >= 4 is 22.4 Å². The predicted molar refractivity (Wildman–Crippen MR) is 93.6 cm³/mol. The SMILES string of the molecule is Cn1c(=O)cc2c3c(c(NCCO)ccc31)C(=O)c1ccccc1-2. The Morgan fingerprint density at radius 3 is 2.54 bits per heavy atom. The van der Waals surface area contributed by atoms with Crippen molar-refractivity contribution in [3.63, 3.8) is 0 Å². The highest BCUT2D eigenvalue weighted by molar-refractivity contribution is 6.28. The summed E-state index contributed by atoms with van der Waals surface area (Å²) in [7, 11) is 1.71. The molecule has 0 unspecified atom stereocenters. The van der Waals surface area contributed by atoms with Crippen LogP contribution in [0.1, 0.15) is 15.9 Å². The molecule has 0 saturated heterocycles. The molecule has 1 aliphatic rings. The zero-order valence-electron chi connectivity index (χ0n) is 13.2. The number of hydrogen-bond acceptors (Lipinski definition) is 4. The van der Waals surface area contributed by atoms with Crippen LogP contribution in [0, 0.1) is 0 Å². The van der Waals surface area contributed by atoms with Crippen LogP contribution in [0.4, 0.5) is 5.69 Å². The van der Waals surface area contributed by atoms with E-state index in [1.54, 1.807) is 29.8 Å². The minimum Gasteiger partial charge on any atom is -0.395 e. The lowest BCUT2D eigenvalue weighted by molar-refractivity contribution is 0.104. The normalized spacial score (nSPS) is 12.3. The van der Waals surface area contributed by atoms with Crippen molar-refractivity contribution in [2.75, 3.05) is 18.5 Å². The molecular weight excluding hydrogens is 304 g/mol. The number of carbonyl (C=O) groups excluding carboxylic acids is 1. The Morgan fingerprint density at radius 2 is 1.79 bits per heavy atom. The van der Waals surface area contributed by atoms with Crippen LogP contribution in [0.3, 0.4) is 0 Å². The molecule has 1 heterocycles. The number of aliphatic hydroxyl groups excluding tert-OH is 1. The topological polar surface area (TPSA) is 71.3 Å². The molecule has 0 radical (unpaired) electrons. The first-order valence-corrected chi connectivity index (χ1v) is 7.79. The van der Waals surface area contributed by atoms with E-state index >= 15 is 0 Å². The predicted octanol–water partition coefficient (Wildman–Crippen LogP) is 2.15. The van der Waals surface area contributed by atoms with Gasteiger partial charge in [-0.15, -0.1) is 0 Å². The lowest BCUT2D eigenvalue weighted by Gasteiger charge is -2.23. The molecule has 1 aromatic heterocycles. The van der Waals surface area contributed by atoms with E-state index in [4.69, 9.17) is 5.11 Å². The van der Waals surface area contributed by atoms with Crippen LogP contribution in [0.15, 0.2) is 47.3 Å². The van der Waals surface area contributed by atoms with Crippen molar-refractivity contribution in [3.05, 3.63) is 63.9 Å². The van der Waals surface area contributed by atoms with E-state index in [0.717, 1.165) is 22.0 Å². The molecule has 3 aromatic rings. The molecule has 0 spiro atoms. The summed E-state index contributed by atoms with van der Waals surface area (Å²) in [5.74, 6) is -0.0669. The largest absolute Gasteiger partial charge is 0.395 e. The molecule has 0 atom stereocenters. The summed E-state index contributed by atoms with van der Waals surface area (Å²) < 4.78 is 1.55. The van der Waals surface area contributed by atoms with E-state index in [9.17, 15) is 9.59 Å². The van der Waals surface area contributed by atoms with Crippen LogP contribution in [-0.2, 0) is 7.05 Å². The zero-order valence-corrected chi connectivity index (χ0v) is 13.2. The molecule has 24 heavy (non-hydrogen) atoms. The molecular formula is C19H16N2O3. The number of nitrogens with zero attached hydrogens (tertiary/aromatic N) is 1. The fourth-order valence-electron chi connectivity index (χ4n) is 3.39. The van der Waals surface area contributed by atoms with Gasteiger partial charge < -0.3 is 15.0 Å². The molecule has 5 nitrogen and oxygen atoms in total. The van der Waals surface area contributed by atoms with Gasteiger partial charge in [0.1, 0.15) is 0 Å². The number of carbonyl (C=O) groups is 1. The Bertz CT molecular complexity index is 1050. The molecule has 0 amide bonds. The number of benzene rings is 2. The summed E-state index contributed by atoms with van der Waals surface area (Å²) in [5.41, 5.74) is 4.02. The summed E-state index contributed by atoms with van der Waals surface area (Å²) in [6.45, 7) is 0.330. The number of pyridine rings is 1. The number of anilines is 1. The number of ketones is 1. The van der Waals surface area contributed by atoms with Crippen LogP contribution >= 0.6 is 0 Å². The maximum atomic E-state index is 13.1. The van der Waals surface area contributed by atoms with Crippen molar-refractivity contribution in [3.8, 4) is 11.1 Å². The van der Waals surface area contributed by atoms with Gasteiger partial charge in [0.05, 0.1) is 17.7 Å². The van der Waals surface area contributed by atoms with E-state index in [-0.39, 0.29) is 17.9 Å². The summed E-state index contributed by atoms with van der Waals surface area (Å²) in [4.78, 5) is 25.4. The van der Waals surface area contributed by atoms with E-state index < -0.39 is 0 Å². The third-order valence-electron chi connectivity index (χ3n) is 4.53. The zero-order chi connectivity index (χ0) is 16.8. The minimum absolute atomic E-state index is 0.0254. The van der Waals surface area contributed by atoms with Gasteiger partial charge in [-0.25, -0.2) is 0 Å². The lowest BCUT2D eigenvalue weighted by Crippen LogP contribution is -2.21. The van der Waals surface area contributed by atoms with Crippen LogP contribution in [0.2, 0.25) is 0 Å². The van der Waals surface area contributed by atoms with Crippen molar-refractivity contribution in [1.82, 2.24) is 4.57 Å². The van der Waals surface area contributed by atoms with Crippen LogP contribution in [-0.4, -0.2) is 28.6 Å². The second-order valence-electron chi connectivity index (χ2n) is 5.86. The van der Waals surface area contributed by atoms with Gasteiger partial charge in [0.2, 0.25) is 0 Å². The fourth-order valence-corrected chi connectivity index (χ4v) is 3.39. The molecule has 0 bridgehead atoms. The van der Waals surface area contributed by atoms with Gasteiger partial charge in [0.25, 0.3) is 5.56 Å². The van der Waals surface area contributed by atoms with Gasteiger partial charge in [0, 0.05) is 36.3 Å².